The molecule has 1 rings (SSSR count). The van der Waals surface area contributed by atoms with Gasteiger partial charge in [0, 0.05) is 5.56 Å². The maximum Gasteiger partial charge on any atom is 0.573 e. The predicted octanol–water partition coefficient (Wildman–Crippen LogP) is 3.21. The first-order chi connectivity index (χ1) is 6.85. The van der Waals surface area contributed by atoms with E-state index >= 15 is 0 Å². The zero-order valence-corrected chi connectivity index (χ0v) is 8.61. The molecule has 0 amide bonds. The lowest BCUT2D eigenvalue weighted by atomic mass is 10.1. The van der Waals surface area contributed by atoms with E-state index in [2.05, 4.69) is 4.74 Å². The highest BCUT2D eigenvalue weighted by atomic mass is 19.4. The second-order valence-electron chi connectivity index (χ2n) is 3.09. The van der Waals surface area contributed by atoms with E-state index in [1.165, 1.54) is 26.2 Å². The van der Waals surface area contributed by atoms with Crippen molar-refractivity contribution < 1.29 is 22.6 Å². The number of halogens is 3. The quantitative estimate of drug-likeness (QED) is 0.761. The van der Waals surface area contributed by atoms with Gasteiger partial charge in [0.1, 0.15) is 11.5 Å². The molecule has 0 N–H and O–H groups in total. The van der Waals surface area contributed by atoms with Crippen molar-refractivity contribution in [1.29, 1.82) is 0 Å². The topological polar surface area (TPSA) is 18.5 Å². The van der Waals surface area contributed by atoms with E-state index in [1.54, 1.807) is 6.92 Å². The fourth-order valence-electron chi connectivity index (χ4n) is 1.36. The Hall–Kier alpha value is -1.39. The van der Waals surface area contributed by atoms with Crippen LogP contribution < -0.4 is 9.47 Å². The van der Waals surface area contributed by atoms with Crippen LogP contribution in [0.4, 0.5) is 13.2 Å². The van der Waals surface area contributed by atoms with Crippen LogP contribution in [-0.2, 0) is 0 Å². The standard InChI is InChI=1S/C10H11F3O2/c1-6-4-5-8(15-10(11,12)13)7(2)9(6)14-3/h4-5H,1-3H3. The van der Waals surface area contributed by atoms with Gasteiger partial charge in [0.05, 0.1) is 7.11 Å². The molecule has 0 heterocycles. The van der Waals surface area contributed by atoms with Crippen molar-refractivity contribution >= 4 is 0 Å². The van der Waals surface area contributed by atoms with Crippen LogP contribution in [0, 0.1) is 13.8 Å². The third-order valence-corrected chi connectivity index (χ3v) is 1.98. The van der Waals surface area contributed by atoms with Gasteiger partial charge in [0.15, 0.2) is 0 Å². The molecule has 0 aliphatic carbocycles. The summed E-state index contributed by atoms with van der Waals surface area (Å²) in [6, 6.07) is 2.80. The third kappa shape index (κ3) is 2.78. The average Bonchev–Trinajstić information content (AvgIpc) is 2.09. The average molecular weight is 220 g/mol. The summed E-state index contributed by atoms with van der Waals surface area (Å²) in [5.74, 6) is 0.182. The van der Waals surface area contributed by atoms with Crippen LogP contribution >= 0.6 is 0 Å². The molecule has 1 aromatic rings. The monoisotopic (exact) mass is 220 g/mol. The lowest BCUT2D eigenvalue weighted by molar-refractivity contribution is -0.274. The van der Waals surface area contributed by atoms with Crippen LogP contribution in [-0.4, -0.2) is 13.5 Å². The number of ether oxygens (including phenoxy) is 2. The first-order valence-corrected chi connectivity index (χ1v) is 4.25. The second kappa shape index (κ2) is 4.00. The van der Waals surface area contributed by atoms with Crippen LogP contribution in [0.1, 0.15) is 11.1 Å². The molecule has 0 atom stereocenters. The van der Waals surface area contributed by atoms with E-state index < -0.39 is 6.36 Å². The van der Waals surface area contributed by atoms with Crippen LogP contribution in [0.15, 0.2) is 12.1 Å². The zero-order valence-electron chi connectivity index (χ0n) is 8.61. The first-order valence-electron chi connectivity index (χ1n) is 4.25. The van der Waals surface area contributed by atoms with Crippen molar-refractivity contribution in [2.24, 2.45) is 0 Å². The maximum absolute atomic E-state index is 12.0. The van der Waals surface area contributed by atoms with Gasteiger partial charge in [0.25, 0.3) is 0 Å². The number of alkyl halides is 3. The van der Waals surface area contributed by atoms with Gasteiger partial charge >= 0.3 is 6.36 Å². The van der Waals surface area contributed by atoms with Crippen molar-refractivity contribution in [3.63, 3.8) is 0 Å². The molecule has 0 radical (unpaired) electrons. The van der Waals surface area contributed by atoms with Crippen LogP contribution in [0.3, 0.4) is 0 Å². The Morgan fingerprint density at radius 1 is 1.13 bits per heavy atom. The summed E-state index contributed by atoms with van der Waals surface area (Å²) in [6.45, 7) is 3.27. The molecule has 0 saturated carbocycles. The SMILES string of the molecule is COc1c(C)ccc(OC(F)(F)F)c1C. The first kappa shape index (κ1) is 11.7. The second-order valence-corrected chi connectivity index (χ2v) is 3.09. The van der Waals surface area contributed by atoms with Gasteiger partial charge in [0.2, 0.25) is 0 Å². The molecular formula is C10H11F3O2. The molecule has 2 nitrogen and oxygen atoms in total. The van der Waals surface area contributed by atoms with Gasteiger partial charge < -0.3 is 9.47 Å². The minimum Gasteiger partial charge on any atom is -0.496 e. The summed E-state index contributed by atoms with van der Waals surface area (Å²) in [7, 11) is 1.41. The van der Waals surface area contributed by atoms with Gasteiger partial charge in [-0.05, 0) is 25.5 Å². The van der Waals surface area contributed by atoms with E-state index in [0.717, 1.165) is 5.56 Å². The fraction of sp³-hybridized carbons (Fsp3) is 0.400. The molecule has 5 heteroatoms. The van der Waals surface area contributed by atoms with Crippen LogP contribution in [0.2, 0.25) is 0 Å². The van der Waals surface area contributed by atoms with Crippen molar-refractivity contribution in [2.75, 3.05) is 7.11 Å². The molecule has 1 aromatic carbocycles. The Morgan fingerprint density at radius 2 is 1.73 bits per heavy atom. The molecule has 0 aromatic heterocycles. The van der Waals surface area contributed by atoms with Gasteiger partial charge in [-0.15, -0.1) is 13.2 Å². The smallest absolute Gasteiger partial charge is 0.496 e. The summed E-state index contributed by atoms with van der Waals surface area (Å²) in [5.41, 5.74) is 1.11. The van der Waals surface area contributed by atoms with Crippen LogP contribution in [0.25, 0.3) is 0 Å². The Morgan fingerprint density at radius 3 is 2.20 bits per heavy atom. The molecule has 0 unspecified atom stereocenters. The van der Waals surface area contributed by atoms with E-state index in [-0.39, 0.29) is 5.75 Å². The van der Waals surface area contributed by atoms with E-state index in [9.17, 15) is 13.2 Å². The molecule has 0 spiro atoms. The normalized spacial score (nSPS) is 11.3. The predicted molar refractivity (Wildman–Crippen MR) is 49.2 cm³/mol. The van der Waals surface area contributed by atoms with E-state index in [1.807, 2.05) is 0 Å². The number of aryl methyl sites for hydroxylation is 1. The summed E-state index contributed by atoms with van der Waals surface area (Å²) >= 11 is 0. The van der Waals surface area contributed by atoms with Crippen molar-refractivity contribution in [1.82, 2.24) is 0 Å². The molecule has 15 heavy (non-hydrogen) atoms. The fourth-order valence-corrected chi connectivity index (χ4v) is 1.36. The Balaban J connectivity index is 3.11. The Bertz CT molecular complexity index is 358. The van der Waals surface area contributed by atoms with Gasteiger partial charge in [-0.3, -0.25) is 0 Å². The largest absolute Gasteiger partial charge is 0.573 e. The molecule has 84 valence electrons. The molecule has 0 aliphatic rings. The van der Waals surface area contributed by atoms with Gasteiger partial charge in [-0.25, -0.2) is 0 Å². The lowest BCUT2D eigenvalue weighted by Crippen LogP contribution is -2.18. The molecular weight excluding hydrogens is 209 g/mol. The minimum atomic E-state index is -4.68. The highest BCUT2D eigenvalue weighted by Crippen LogP contribution is 2.33. The van der Waals surface area contributed by atoms with E-state index in [4.69, 9.17) is 4.74 Å². The molecule has 0 fully saturated rings. The van der Waals surface area contributed by atoms with Gasteiger partial charge in [-0.2, -0.15) is 0 Å². The number of hydrogen-bond acceptors (Lipinski definition) is 2. The summed E-state index contributed by atoms with van der Waals surface area (Å²) in [4.78, 5) is 0. The van der Waals surface area contributed by atoms with Crippen molar-refractivity contribution in [3.05, 3.63) is 23.3 Å². The van der Waals surface area contributed by atoms with Gasteiger partial charge in [-0.1, -0.05) is 6.07 Å². The molecule has 0 saturated heterocycles. The highest BCUT2D eigenvalue weighted by molar-refractivity contribution is 5.48. The summed E-state index contributed by atoms with van der Waals surface area (Å²) in [5, 5.41) is 0. The molecule has 0 bridgehead atoms. The number of methoxy groups -OCH3 is 1. The van der Waals surface area contributed by atoms with E-state index in [0.29, 0.717) is 11.3 Å². The zero-order chi connectivity index (χ0) is 11.6. The number of hydrogen-bond donors (Lipinski definition) is 0. The summed E-state index contributed by atoms with van der Waals surface area (Å²) < 4.78 is 44.8. The number of rotatable bonds is 2. The lowest BCUT2D eigenvalue weighted by Gasteiger charge is -2.15. The Kier molecular flexibility index (Phi) is 3.12. The number of benzene rings is 1. The highest BCUT2D eigenvalue weighted by Gasteiger charge is 2.32. The maximum atomic E-state index is 12.0. The minimum absolute atomic E-state index is 0.232. The summed E-state index contributed by atoms with van der Waals surface area (Å²) in [6.07, 6.45) is -4.68. The van der Waals surface area contributed by atoms with Crippen molar-refractivity contribution in [3.8, 4) is 11.5 Å². The third-order valence-electron chi connectivity index (χ3n) is 1.98. The van der Waals surface area contributed by atoms with Crippen molar-refractivity contribution in [2.45, 2.75) is 20.2 Å². The Labute approximate surface area is 85.6 Å². The molecule has 0 aliphatic heterocycles. The van der Waals surface area contributed by atoms with Crippen LogP contribution in [0.5, 0.6) is 11.5 Å².